The van der Waals surface area contributed by atoms with Crippen LogP contribution in [0.15, 0.2) is 18.5 Å². The third kappa shape index (κ3) is 2.89. The van der Waals surface area contributed by atoms with Crippen LogP contribution in [0.2, 0.25) is 0 Å². The van der Waals surface area contributed by atoms with Gasteiger partial charge in [-0.15, -0.1) is 0 Å². The van der Waals surface area contributed by atoms with Crippen molar-refractivity contribution in [3.05, 3.63) is 24.0 Å². The molecule has 2 unspecified atom stereocenters. The number of rotatable bonds is 5. The largest absolute Gasteiger partial charge is 0.496 e. The summed E-state index contributed by atoms with van der Waals surface area (Å²) < 4.78 is 5.02. The van der Waals surface area contributed by atoms with Gasteiger partial charge in [-0.3, -0.25) is 4.98 Å². The number of nitrogens with zero attached hydrogens (tertiary/aromatic N) is 1. The molecule has 1 rings (SSSR count). The van der Waals surface area contributed by atoms with E-state index < -0.39 is 12.2 Å². The van der Waals surface area contributed by atoms with Crippen molar-refractivity contribution >= 4 is 0 Å². The fraction of sp³-hybridized carbons (Fsp3) is 0.500. The van der Waals surface area contributed by atoms with Crippen LogP contribution in [-0.2, 0) is 0 Å². The van der Waals surface area contributed by atoms with E-state index in [0.29, 0.717) is 11.3 Å². The molecule has 1 aromatic heterocycles. The molecular formula is C10H15NO4. The van der Waals surface area contributed by atoms with Crippen molar-refractivity contribution < 1.29 is 20.1 Å². The summed E-state index contributed by atoms with van der Waals surface area (Å²) >= 11 is 0. The van der Waals surface area contributed by atoms with Crippen LogP contribution < -0.4 is 4.74 Å². The highest BCUT2D eigenvalue weighted by Gasteiger charge is 2.21. The maximum atomic E-state index is 9.75. The monoisotopic (exact) mass is 213 g/mol. The molecule has 0 amide bonds. The molecule has 0 aliphatic rings. The number of hydrogen-bond donors (Lipinski definition) is 3. The molecule has 0 aliphatic heterocycles. The fourth-order valence-corrected chi connectivity index (χ4v) is 1.30. The number of ether oxygens (including phenoxy) is 1. The van der Waals surface area contributed by atoms with E-state index in [1.807, 2.05) is 0 Å². The third-order valence-electron chi connectivity index (χ3n) is 2.14. The van der Waals surface area contributed by atoms with Gasteiger partial charge in [0, 0.05) is 24.6 Å². The second-order valence-electron chi connectivity index (χ2n) is 3.14. The zero-order valence-corrected chi connectivity index (χ0v) is 8.50. The van der Waals surface area contributed by atoms with Crippen LogP contribution >= 0.6 is 0 Å². The first-order chi connectivity index (χ1) is 7.20. The predicted molar refractivity (Wildman–Crippen MR) is 53.5 cm³/mol. The number of pyridine rings is 1. The van der Waals surface area contributed by atoms with Crippen LogP contribution in [0.5, 0.6) is 5.75 Å². The molecule has 0 spiro atoms. The highest BCUT2D eigenvalue weighted by Crippen LogP contribution is 2.26. The molecule has 0 saturated carbocycles. The second-order valence-corrected chi connectivity index (χ2v) is 3.14. The van der Waals surface area contributed by atoms with Gasteiger partial charge < -0.3 is 20.1 Å². The second kappa shape index (κ2) is 5.65. The normalized spacial score (nSPS) is 14.7. The molecular weight excluding hydrogens is 198 g/mol. The topological polar surface area (TPSA) is 82.8 Å². The third-order valence-corrected chi connectivity index (χ3v) is 2.14. The Bertz CT molecular complexity index is 305. The smallest absolute Gasteiger partial charge is 0.127 e. The SMILES string of the molecule is COc1ccncc1C(O)C(O)CCO. The van der Waals surface area contributed by atoms with E-state index in [-0.39, 0.29) is 13.0 Å². The quantitative estimate of drug-likeness (QED) is 0.634. The van der Waals surface area contributed by atoms with Crippen LogP contribution in [-0.4, -0.2) is 40.1 Å². The van der Waals surface area contributed by atoms with Crippen LogP contribution in [0.1, 0.15) is 18.1 Å². The maximum Gasteiger partial charge on any atom is 0.127 e. The summed E-state index contributed by atoms with van der Waals surface area (Å²) in [5, 5.41) is 27.9. The Kier molecular flexibility index (Phi) is 4.48. The lowest BCUT2D eigenvalue weighted by atomic mass is 10.0. The highest BCUT2D eigenvalue weighted by atomic mass is 16.5. The zero-order chi connectivity index (χ0) is 11.3. The standard InChI is InChI=1S/C10H15NO4/c1-15-9-2-4-11-6-7(9)10(14)8(13)3-5-12/h2,4,6,8,10,12-14H,3,5H2,1H3. The van der Waals surface area contributed by atoms with Crippen molar-refractivity contribution in [1.29, 1.82) is 0 Å². The summed E-state index contributed by atoms with van der Waals surface area (Å²) in [4.78, 5) is 3.84. The van der Waals surface area contributed by atoms with E-state index in [0.717, 1.165) is 0 Å². The maximum absolute atomic E-state index is 9.75. The highest BCUT2D eigenvalue weighted by molar-refractivity contribution is 5.32. The summed E-state index contributed by atoms with van der Waals surface area (Å²) in [5.41, 5.74) is 0.418. The van der Waals surface area contributed by atoms with Crippen molar-refractivity contribution in [3.63, 3.8) is 0 Å². The number of aliphatic hydroxyl groups is 3. The van der Waals surface area contributed by atoms with Gasteiger partial charge in [0.05, 0.1) is 13.2 Å². The average Bonchev–Trinajstić information content (AvgIpc) is 2.28. The molecule has 1 heterocycles. The summed E-state index contributed by atoms with van der Waals surface area (Å²) in [5.74, 6) is 0.467. The number of aliphatic hydroxyl groups excluding tert-OH is 3. The van der Waals surface area contributed by atoms with Crippen LogP contribution in [0, 0.1) is 0 Å². The zero-order valence-electron chi connectivity index (χ0n) is 8.50. The van der Waals surface area contributed by atoms with E-state index >= 15 is 0 Å². The lowest BCUT2D eigenvalue weighted by molar-refractivity contribution is 0.00285. The number of aromatic nitrogens is 1. The van der Waals surface area contributed by atoms with E-state index in [9.17, 15) is 10.2 Å². The molecule has 0 saturated heterocycles. The van der Waals surface area contributed by atoms with Gasteiger partial charge in [-0.2, -0.15) is 0 Å². The van der Waals surface area contributed by atoms with Gasteiger partial charge in [0.1, 0.15) is 11.9 Å². The Morgan fingerprint density at radius 1 is 1.47 bits per heavy atom. The van der Waals surface area contributed by atoms with Crippen molar-refractivity contribution in [2.45, 2.75) is 18.6 Å². The molecule has 0 radical (unpaired) electrons. The van der Waals surface area contributed by atoms with Crippen molar-refractivity contribution in [2.24, 2.45) is 0 Å². The van der Waals surface area contributed by atoms with Gasteiger partial charge in [0.15, 0.2) is 0 Å². The molecule has 2 atom stereocenters. The Morgan fingerprint density at radius 3 is 2.80 bits per heavy atom. The van der Waals surface area contributed by atoms with Gasteiger partial charge >= 0.3 is 0 Å². The lowest BCUT2D eigenvalue weighted by Gasteiger charge is -2.18. The van der Waals surface area contributed by atoms with E-state index in [2.05, 4.69) is 4.98 Å². The fourth-order valence-electron chi connectivity index (χ4n) is 1.30. The average molecular weight is 213 g/mol. The molecule has 15 heavy (non-hydrogen) atoms. The molecule has 84 valence electrons. The molecule has 0 aromatic carbocycles. The first-order valence-electron chi connectivity index (χ1n) is 4.65. The summed E-state index contributed by atoms with van der Waals surface area (Å²) in [6.45, 7) is -0.180. The molecule has 1 aromatic rings. The molecule has 0 bridgehead atoms. The number of methoxy groups -OCH3 is 1. The minimum atomic E-state index is -1.10. The Morgan fingerprint density at radius 2 is 2.20 bits per heavy atom. The first-order valence-corrected chi connectivity index (χ1v) is 4.65. The summed E-state index contributed by atoms with van der Waals surface area (Å²) in [6, 6.07) is 1.60. The van der Waals surface area contributed by atoms with E-state index in [1.54, 1.807) is 6.07 Å². The Hall–Kier alpha value is -1.17. The predicted octanol–water partition coefficient (Wildman–Crippen LogP) is -0.133. The molecule has 0 fully saturated rings. The Balaban J connectivity index is 2.84. The molecule has 0 aliphatic carbocycles. The summed E-state index contributed by atoms with van der Waals surface area (Å²) in [6.07, 6.45) is 0.963. The van der Waals surface area contributed by atoms with Crippen LogP contribution in [0.25, 0.3) is 0 Å². The van der Waals surface area contributed by atoms with Crippen LogP contribution in [0.3, 0.4) is 0 Å². The lowest BCUT2D eigenvalue weighted by Crippen LogP contribution is -2.20. The van der Waals surface area contributed by atoms with Gasteiger partial charge in [-0.25, -0.2) is 0 Å². The van der Waals surface area contributed by atoms with Crippen molar-refractivity contribution in [2.75, 3.05) is 13.7 Å². The summed E-state index contributed by atoms with van der Waals surface area (Å²) in [7, 11) is 1.48. The molecule has 5 nitrogen and oxygen atoms in total. The van der Waals surface area contributed by atoms with Gasteiger partial charge in [-0.05, 0) is 12.5 Å². The van der Waals surface area contributed by atoms with E-state index in [1.165, 1.54) is 19.5 Å². The van der Waals surface area contributed by atoms with E-state index in [4.69, 9.17) is 9.84 Å². The minimum Gasteiger partial charge on any atom is -0.496 e. The van der Waals surface area contributed by atoms with Gasteiger partial charge in [0.2, 0.25) is 0 Å². The first kappa shape index (κ1) is 11.9. The van der Waals surface area contributed by atoms with Crippen molar-refractivity contribution in [3.8, 4) is 5.75 Å². The van der Waals surface area contributed by atoms with Gasteiger partial charge in [0.25, 0.3) is 0 Å². The minimum absolute atomic E-state index is 0.110. The molecule has 5 heteroatoms. The van der Waals surface area contributed by atoms with Crippen molar-refractivity contribution in [1.82, 2.24) is 4.98 Å². The molecule has 3 N–H and O–H groups in total. The number of hydrogen-bond acceptors (Lipinski definition) is 5. The van der Waals surface area contributed by atoms with Crippen LogP contribution in [0.4, 0.5) is 0 Å². The Labute approximate surface area is 88.0 Å². The van der Waals surface area contributed by atoms with Gasteiger partial charge in [-0.1, -0.05) is 0 Å².